The Kier molecular flexibility index (Phi) is 6.34. The quantitative estimate of drug-likeness (QED) is 0.330. The van der Waals surface area contributed by atoms with Crippen molar-refractivity contribution < 1.29 is 18.7 Å². The number of rotatable bonds is 5. The van der Waals surface area contributed by atoms with E-state index in [1.54, 1.807) is 24.3 Å². The summed E-state index contributed by atoms with van der Waals surface area (Å²) in [6.45, 7) is 10.0. The van der Waals surface area contributed by atoms with Crippen molar-refractivity contribution in [2.45, 2.75) is 65.3 Å². The molecule has 34 heavy (non-hydrogen) atoms. The molecule has 0 spiro atoms. The smallest absolute Gasteiger partial charge is 0.339 e. The van der Waals surface area contributed by atoms with Crippen LogP contribution in [-0.4, -0.2) is 17.9 Å². The van der Waals surface area contributed by atoms with Gasteiger partial charge in [-0.3, -0.25) is 4.79 Å². The summed E-state index contributed by atoms with van der Waals surface area (Å²) < 4.78 is 11.1. The van der Waals surface area contributed by atoms with E-state index in [1.807, 2.05) is 32.0 Å². The van der Waals surface area contributed by atoms with Crippen molar-refractivity contribution in [2.24, 2.45) is 5.92 Å². The molecule has 1 N–H and O–H groups in total. The number of nitrogens with one attached hydrogen (secondary N) is 1. The van der Waals surface area contributed by atoms with Gasteiger partial charge in [-0.25, -0.2) is 9.59 Å². The van der Waals surface area contributed by atoms with Gasteiger partial charge in [0.1, 0.15) is 17.4 Å². The fourth-order valence-electron chi connectivity index (χ4n) is 4.35. The molecule has 0 saturated carbocycles. The highest BCUT2D eigenvalue weighted by atomic mass is 16.5. The molecule has 4 rings (SSSR count). The molecule has 6 heteroatoms. The number of hydrogen-bond acceptors (Lipinski definition) is 5. The van der Waals surface area contributed by atoms with Crippen LogP contribution >= 0.6 is 0 Å². The summed E-state index contributed by atoms with van der Waals surface area (Å²) in [6.07, 6.45) is 2.51. The minimum atomic E-state index is -0.836. The first kappa shape index (κ1) is 23.7. The molecule has 6 nitrogen and oxygen atoms in total. The number of aryl methyl sites for hydroxylation is 1. The van der Waals surface area contributed by atoms with E-state index in [-0.39, 0.29) is 28.6 Å². The number of esters is 1. The molecule has 1 heterocycles. The summed E-state index contributed by atoms with van der Waals surface area (Å²) >= 11 is 0. The predicted molar refractivity (Wildman–Crippen MR) is 131 cm³/mol. The second kappa shape index (κ2) is 9.09. The minimum absolute atomic E-state index is 0.0155. The third kappa shape index (κ3) is 4.76. The first-order valence-corrected chi connectivity index (χ1v) is 11.8. The monoisotopic (exact) mass is 461 g/mol. The number of carbonyl (C=O) groups is 2. The zero-order valence-electron chi connectivity index (χ0n) is 20.4. The molecule has 1 atom stereocenters. The molecule has 1 aliphatic carbocycles. The lowest BCUT2D eigenvalue weighted by Crippen LogP contribution is -2.46. The Morgan fingerprint density at radius 3 is 2.32 bits per heavy atom. The van der Waals surface area contributed by atoms with Crippen LogP contribution in [0, 0.1) is 5.92 Å². The second-order valence-electron chi connectivity index (χ2n) is 10.3. The molecule has 0 saturated heterocycles. The Bertz CT molecular complexity index is 1300. The van der Waals surface area contributed by atoms with Crippen LogP contribution in [0.5, 0.6) is 5.75 Å². The summed E-state index contributed by atoms with van der Waals surface area (Å²) in [6, 6.07) is 11.6. The van der Waals surface area contributed by atoms with Gasteiger partial charge in [0, 0.05) is 22.6 Å². The van der Waals surface area contributed by atoms with Gasteiger partial charge in [0.2, 0.25) is 0 Å². The zero-order valence-corrected chi connectivity index (χ0v) is 20.4. The molecule has 1 aromatic heterocycles. The van der Waals surface area contributed by atoms with Crippen LogP contribution in [0.2, 0.25) is 0 Å². The predicted octanol–water partition coefficient (Wildman–Crippen LogP) is 4.94. The van der Waals surface area contributed by atoms with E-state index in [0.717, 1.165) is 41.3 Å². The summed E-state index contributed by atoms with van der Waals surface area (Å²) in [7, 11) is 0. The van der Waals surface area contributed by atoms with Crippen LogP contribution in [0.4, 0.5) is 0 Å². The van der Waals surface area contributed by atoms with Gasteiger partial charge >= 0.3 is 11.6 Å². The van der Waals surface area contributed by atoms with E-state index in [4.69, 9.17) is 9.15 Å². The van der Waals surface area contributed by atoms with E-state index < -0.39 is 12.0 Å². The molecule has 1 aliphatic rings. The Balaban J connectivity index is 1.51. The number of amides is 1. The zero-order chi connectivity index (χ0) is 24.6. The lowest BCUT2D eigenvalue weighted by atomic mass is 9.86. The SMILES string of the molecule is CC(C)C(NC(=O)c1ccc(C(C)(C)C)cc1)C(=O)Oc1ccc2c3c(c(=O)oc2c1)CCC3. The molecule has 0 bridgehead atoms. The number of carbonyl (C=O) groups excluding carboxylic acids is 2. The minimum Gasteiger partial charge on any atom is -0.425 e. The fraction of sp³-hybridized carbons (Fsp3) is 0.393. The highest BCUT2D eigenvalue weighted by molar-refractivity contribution is 5.97. The molecular formula is C28H31NO5. The van der Waals surface area contributed by atoms with Crippen molar-refractivity contribution in [2.75, 3.05) is 0 Å². The van der Waals surface area contributed by atoms with Gasteiger partial charge in [-0.05, 0) is 66.0 Å². The maximum absolute atomic E-state index is 13.0. The Morgan fingerprint density at radius 1 is 1.00 bits per heavy atom. The van der Waals surface area contributed by atoms with Crippen LogP contribution in [-0.2, 0) is 23.1 Å². The van der Waals surface area contributed by atoms with Crippen molar-refractivity contribution in [1.29, 1.82) is 0 Å². The van der Waals surface area contributed by atoms with Crippen LogP contribution in [0.25, 0.3) is 11.0 Å². The molecule has 1 unspecified atom stereocenters. The van der Waals surface area contributed by atoms with Crippen LogP contribution in [0.3, 0.4) is 0 Å². The standard InChI is InChI=1S/C28H31NO5/c1-16(2)24(29-25(30)17-9-11-18(12-10-17)28(3,4)5)27(32)33-19-13-14-21-20-7-6-8-22(20)26(31)34-23(21)15-19/h9-16,24H,6-8H2,1-5H3,(H,29,30). The first-order valence-electron chi connectivity index (χ1n) is 11.8. The normalized spacial score (nSPS) is 14.2. The van der Waals surface area contributed by atoms with Gasteiger partial charge in [0.25, 0.3) is 5.91 Å². The van der Waals surface area contributed by atoms with Gasteiger partial charge in [-0.15, -0.1) is 0 Å². The second-order valence-corrected chi connectivity index (χ2v) is 10.3. The van der Waals surface area contributed by atoms with E-state index in [9.17, 15) is 14.4 Å². The summed E-state index contributed by atoms with van der Waals surface area (Å²) in [5.74, 6) is -0.825. The van der Waals surface area contributed by atoms with Gasteiger partial charge in [-0.1, -0.05) is 46.8 Å². The molecule has 2 aromatic carbocycles. The highest BCUT2D eigenvalue weighted by Gasteiger charge is 2.27. The lowest BCUT2D eigenvalue weighted by Gasteiger charge is -2.22. The number of ether oxygens (including phenoxy) is 1. The molecule has 3 aromatic rings. The van der Waals surface area contributed by atoms with Crippen LogP contribution < -0.4 is 15.7 Å². The molecule has 178 valence electrons. The van der Waals surface area contributed by atoms with Crippen molar-refractivity contribution in [3.63, 3.8) is 0 Å². The molecular weight excluding hydrogens is 430 g/mol. The van der Waals surface area contributed by atoms with Crippen molar-refractivity contribution in [3.8, 4) is 5.75 Å². The van der Waals surface area contributed by atoms with Crippen molar-refractivity contribution >= 4 is 22.8 Å². The van der Waals surface area contributed by atoms with Gasteiger partial charge < -0.3 is 14.5 Å². The van der Waals surface area contributed by atoms with Crippen LogP contribution in [0.15, 0.2) is 51.7 Å². The van der Waals surface area contributed by atoms with Gasteiger partial charge in [0.05, 0.1) is 0 Å². The number of fused-ring (bicyclic) bond motifs is 3. The largest absolute Gasteiger partial charge is 0.425 e. The molecule has 0 radical (unpaired) electrons. The maximum atomic E-state index is 13.0. The molecule has 0 aliphatic heterocycles. The fourth-order valence-corrected chi connectivity index (χ4v) is 4.35. The number of benzene rings is 2. The average Bonchev–Trinajstić information content (AvgIpc) is 3.27. The van der Waals surface area contributed by atoms with Crippen molar-refractivity contribution in [1.82, 2.24) is 5.32 Å². The molecule has 1 amide bonds. The lowest BCUT2D eigenvalue weighted by molar-refractivity contribution is -0.137. The van der Waals surface area contributed by atoms with E-state index in [1.165, 1.54) is 0 Å². The highest BCUT2D eigenvalue weighted by Crippen LogP contribution is 2.30. The third-order valence-electron chi connectivity index (χ3n) is 6.38. The summed E-state index contributed by atoms with van der Waals surface area (Å²) in [5, 5.41) is 3.68. The molecule has 0 fully saturated rings. The first-order chi connectivity index (χ1) is 16.0. The van der Waals surface area contributed by atoms with E-state index in [2.05, 4.69) is 26.1 Å². The topological polar surface area (TPSA) is 85.6 Å². The van der Waals surface area contributed by atoms with E-state index in [0.29, 0.717) is 11.1 Å². The summed E-state index contributed by atoms with van der Waals surface area (Å²) in [5.41, 5.74) is 3.43. The number of hydrogen-bond donors (Lipinski definition) is 1. The van der Waals surface area contributed by atoms with Crippen molar-refractivity contribution in [3.05, 3.63) is 75.1 Å². The van der Waals surface area contributed by atoms with Gasteiger partial charge in [-0.2, -0.15) is 0 Å². The maximum Gasteiger partial charge on any atom is 0.339 e. The van der Waals surface area contributed by atoms with Gasteiger partial charge in [0.15, 0.2) is 0 Å². The Labute approximate surface area is 199 Å². The van der Waals surface area contributed by atoms with E-state index >= 15 is 0 Å². The van der Waals surface area contributed by atoms with Crippen LogP contribution in [0.1, 0.15) is 68.1 Å². The summed E-state index contributed by atoms with van der Waals surface area (Å²) in [4.78, 5) is 38.1. The Morgan fingerprint density at radius 2 is 1.68 bits per heavy atom. The third-order valence-corrected chi connectivity index (χ3v) is 6.38. The Hall–Kier alpha value is -3.41. The average molecular weight is 462 g/mol.